The first-order valence-electron chi connectivity index (χ1n) is 12.9. The summed E-state index contributed by atoms with van der Waals surface area (Å²) in [6, 6.07) is 10.4. The third-order valence-electron chi connectivity index (χ3n) is 7.08. The summed E-state index contributed by atoms with van der Waals surface area (Å²) in [4.78, 5) is 31.8. The predicted octanol–water partition coefficient (Wildman–Crippen LogP) is 5.44. The van der Waals surface area contributed by atoms with Gasteiger partial charge in [0.2, 0.25) is 0 Å². The number of carbonyl (C=O) groups is 2. The molecule has 0 radical (unpaired) electrons. The number of carbonyl (C=O) groups excluding carboxylic acids is 2. The second-order valence-corrected chi connectivity index (χ2v) is 10.8. The van der Waals surface area contributed by atoms with Crippen LogP contribution in [0.2, 0.25) is 0 Å². The maximum absolute atomic E-state index is 13.9. The molecular formula is C30H32FN3O4. The summed E-state index contributed by atoms with van der Waals surface area (Å²) in [6.45, 7) is 6.62. The minimum absolute atomic E-state index is 0.152. The van der Waals surface area contributed by atoms with E-state index in [2.05, 4.69) is 6.07 Å². The highest BCUT2D eigenvalue weighted by molar-refractivity contribution is 6.01. The molecule has 1 aliphatic carbocycles. The first-order chi connectivity index (χ1) is 18.1. The number of nitrogens with two attached hydrogens (primary N) is 1. The van der Waals surface area contributed by atoms with Crippen molar-refractivity contribution >= 4 is 12.0 Å². The van der Waals surface area contributed by atoms with E-state index in [1.165, 1.54) is 19.2 Å². The van der Waals surface area contributed by atoms with Gasteiger partial charge >= 0.3 is 6.09 Å². The molecule has 2 heterocycles. The fraction of sp³-hybridized carbons (Fsp3) is 0.367. The van der Waals surface area contributed by atoms with Crippen LogP contribution >= 0.6 is 0 Å². The molecule has 8 heteroatoms. The summed E-state index contributed by atoms with van der Waals surface area (Å²) >= 11 is 0. The summed E-state index contributed by atoms with van der Waals surface area (Å²) in [5.41, 5.74) is 12.6. The highest BCUT2D eigenvalue weighted by Gasteiger charge is 2.30. The third kappa shape index (κ3) is 4.83. The number of rotatable bonds is 4. The number of primary amides is 1. The Kier molecular flexibility index (Phi) is 6.59. The zero-order chi connectivity index (χ0) is 27.2. The average molecular weight is 518 g/mol. The molecule has 0 bridgehead atoms. The van der Waals surface area contributed by atoms with Gasteiger partial charge in [-0.25, -0.2) is 14.2 Å². The van der Waals surface area contributed by atoms with Crippen molar-refractivity contribution < 1.29 is 23.5 Å². The number of benzene rings is 2. The van der Waals surface area contributed by atoms with E-state index in [0.29, 0.717) is 36.4 Å². The van der Waals surface area contributed by atoms with Crippen LogP contribution in [0, 0.1) is 5.82 Å². The molecule has 5 rings (SSSR count). The largest absolute Gasteiger partial charge is 0.496 e. The van der Waals surface area contributed by atoms with E-state index >= 15 is 0 Å². The van der Waals surface area contributed by atoms with Crippen LogP contribution in [0.4, 0.5) is 9.18 Å². The van der Waals surface area contributed by atoms with E-state index in [1.807, 2.05) is 32.9 Å². The van der Waals surface area contributed by atoms with Crippen molar-refractivity contribution in [3.8, 4) is 28.1 Å². The maximum Gasteiger partial charge on any atom is 0.410 e. The molecule has 198 valence electrons. The van der Waals surface area contributed by atoms with Crippen LogP contribution in [0.1, 0.15) is 59.9 Å². The number of amides is 2. The van der Waals surface area contributed by atoms with Crippen LogP contribution in [0.3, 0.4) is 0 Å². The van der Waals surface area contributed by atoms with Crippen LogP contribution in [0.25, 0.3) is 22.4 Å². The molecule has 0 atom stereocenters. The van der Waals surface area contributed by atoms with Crippen LogP contribution < -0.4 is 10.5 Å². The van der Waals surface area contributed by atoms with Gasteiger partial charge in [-0.1, -0.05) is 12.1 Å². The highest BCUT2D eigenvalue weighted by atomic mass is 19.1. The molecule has 3 aromatic rings. The molecule has 0 saturated heterocycles. The Balaban J connectivity index is 1.56. The second-order valence-electron chi connectivity index (χ2n) is 10.8. The number of fused-ring (bicyclic) bond motifs is 2. The summed E-state index contributed by atoms with van der Waals surface area (Å²) < 4.78 is 24.9. The molecule has 1 aliphatic heterocycles. The zero-order valence-corrected chi connectivity index (χ0v) is 22.2. The third-order valence-corrected chi connectivity index (χ3v) is 7.08. The number of hydrogen-bond donors (Lipinski definition) is 1. The Morgan fingerprint density at radius 1 is 1.03 bits per heavy atom. The minimum Gasteiger partial charge on any atom is -0.496 e. The summed E-state index contributed by atoms with van der Waals surface area (Å²) in [7, 11) is 1.47. The lowest BCUT2D eigenvalue weighted by Gasteiger charge is -2.31. The van der Waals surface area contributed by atoms with Gasteiger partial charge in [-0.05, 0) is 86.9 Å². The second kappa shape index (κ2) is 9.74. The molecular weight excluding hydrogens is 485 g/mol. The molecule has 2 aromatic carbocycles. The first kappa shape index (κ1) is 25.7. The van der Waals surface area contributed by atoms with Crippen molar-refractivity contribution in [2.75, 3.05) is 13.7 Å². The number of hydrogen-bond acceptors (Lipinski definition) is 5. The van der Waals surface area contributed by atoms with Gasteiger partial charge in [0.15, 0.2) is 0 Å². The van der Waals surface area contributed by atoms with Gasteiger partial charge < -0.3 is 20.1 Å². The van der Waals surface area contributed by atoms with Gasteiger partial charge in [-0.3, -0.25) is 4.79 Å². The fourth-order valence-corrected chi connectivity index (χ4v) is 5.42. The molecule has 2 N–H and O–H groups in total. The van der Waals surface area contributed by atoms with Crippen molar-refractivity contribution in [2.24, 2.45) is 5.73 Å². The van der Waals surface area contributed by atoms with E-state index in [9.17, 15) is 14.0 Å². The Morgan fingerprint density at radius 3 is 2.50 bits per heavy atom. The molecule has 0 saturated carbocycles. The van der Waals surface area contributed by atoms with Crippen LogP contribution in [0.15, 0.2) is 36.4 Å². The molecule has 0 spiro atoms. The molecule has 2 amide bonds. The van der Waals surface area contributed by atoms with Crippen molar-refractivity contribution in [3.63, 3.8) is 0 Å². The van der Waals surface area contributed by atoms with E-state index in [-0.39, 0.29) is 11.8 Å². The molecule has 1 aromatic heterocycles. The Hall–Kier alpha value is -3.94. The van der Waals surface area contributed by atoms with E-state index in [0.717, 1.165) is 52.8 Å². The van der Waals surface area contributed by atoms with Crippen molar-refractivity contribution in [1.82, 2.24) is 9.88 Å². The monoisotopic (exact) mass is 517 g/mol. The summed E-state index contributed by atoms with van der Waals surface area (Å²) in [5, 5.41) is 0. The highest BCUT2D eigenvalue weighted by Crippen LogP contribution is 2.43. The van der Waals surface area contributed by atoms with Gasteiger partial charge in [0, 0.05) is 35.8 Å². The van der Waals surface area contributed by atoms with Crippen molar-refractivity contribution in [3.05, 3.63) is 70.2 Å². The Bertz CT molecular complexity index is 1440. The SMILES string of the molecule is COc1cc(F)ccc1-c1c(C(N)=O)nc(-c2ccc3c(c2)CCN(C(=O)OC(C)(C)C)C3)c2c1CCC2. The van der Waals surface area contributed by atoms with Gasteiger partial charge in [-0.2, -0.15) is 0 Å². The number of halogens is 1. The lowest BCUT2D eigenvalue weighted by atomic mass is 9.90. The van der Waals surface area contributed by atoms with Crippen molar-refractivity contribution in [2.45, 2.75) is 58.6 Å². The average Bonchev–Trinajstić information content (AvgIpc) is 3.36. The van der Waals surface area contributed by atoms with Gasteiger partial charge in [-0.15, -0.1) is 0 Å². The van der Waals surface area contributed by atoms with Crippen LogP contribution in [-0.2, 0) is 30.5 Å². The van der Waals surface area contributed by atoms with E-state index in [1.54, 1.807) is 11.0 Å². The number of nitrogens with zero attached hydrogens (tertiary/aromatic N) is 2. The quantitative estimate of drug-likeness (QED) is 0.497. The lowest BCUT2D eigenvalue weighted by Crippen LogP contribution is -2.39. The molecule has 7 nitrogen and oxygen atoms in total. The smallest absolute Gasteiger partial charge is 0.410 e. The fourth-order valence-electron chi connectivity index (χ4n) is 5.42. The number of methoxy groups -OCH3 is 1. The van der Waals surface area contributed by atoms with Gasteiger partial charge in [0.05, 0.1) is 12.8 Å². The number of ether oxygens (including phenoxy) is 2. The summed E-state index contributed by atoms with van der Waals surface area (Å²) in [6.07, 6.45) is 2.87. The molecule has 2 aliphatic rings. The number of aromatic nitrogens is 1. The van der Waals surface area contributed by atoms with E-state index in [4.69, 9.17) is 20.2 Å². The lowest BCUT2D eigenvalue weighted by molar-refractivity contribution is 0.0224. The molecule has 0 fully saturated rings. The zero-order valence-electron chi connectivity index (χ0n) is 22.2. The van der Waals surface area contributed by atoms with Gasteiger partial charge in [0.25, 0.3) is 5.91 Å². The van der Waals surface area contributed by atoms with E-state index < -0.39 is 17.3 Å². The predicted molar refractivity (Wildman–Crippen MR) is 143 cm³/mol. The van der Waals surface area contributed by atoms with Crippen LogP contribution in [-0.4, -0.2) is 41.1 Å². The topological polar surface area (TPSA) is 94.8 Å². The Labute approximate surface area is 221 Å². The van der Waals surface area contributed by atoms with Gasteiger partial charge in [0.1, 0.15) is 22.9 Å². The minimum atomic E-state index is -0.645. The Morgan fingerprint density at radius 2 is 1.79 bits per heavy atom. The molecule has 38 heavy (non-hydrogen) atoms. The first-order valence-corrected chi connectivity index (χ1v) is 12.9. The normalized spacial score (nSPS) is 14.6. The standard InChI is InChI=1S/C30H32FN3O4/c1-30(2,3)38-29(36)34-13-12-17-14-18(8-9-19(17)16-34)26-22-7-5-6-21(22)25(27(33-26)28(32)35)23-11-10-20(31)15-24(23)37-4/h8-11,14-15H,5-7,12-13,16H2,1-4H3,(H2,32,35). The maximum atomic E-state index is 13.9. The van der Waals surface area contributed by atoms with Crippen molar-refractivity contribution in [1.29, 1.82) is 0 Å². The number of pyridine rings is 1. The van der Waals surface area contributed by atoms with Crippen LogP contribution in [0.5, 0.6) is 5.75 Å². The molecule has 0 unspecified atom stereocenters. The summed E-state index contributed by atoms with van der Waals surface area (Å²) in [5.74, 6) is -0.737.